The van der Waals surface area contributed by atoms with Gasteiger partial charge in [-0.2, -0.15) is 0 Å². The highest BCUT2D eigenvalue weighted by Gasteiger charge is 2.30. The molecule has 7 heteroatoms. The Morgan fingerprint density at radius 2 is 2.24 bits per heavy atom. The summed E-state index contributed by atoms with van der Waals surface area (Å²) in [6.45, 7) is 1.32. The number of H-pyrrole nitrogens is 1. The summed E-state index contributed by atoms with van der Waals surface area (Å²) in [6, 6.07) is 6.35. The standard InChI is InChI=1S/C18H26ClN5O/c1-24-13(5-6-14(24)11-20)10-18(25)21-8-2-3-17-22-15-7-4-12(19)9-16(15)23-17/h4,7,9,13-14H,2-3,5-6,8,10-11,20H2,1H3,(H,21,25)(H,22,23)/t13-,14+/m0/s1. The Labute approximate surface area is 153 Å². The van der Waals surface area contributed by atoms with E-state index in [4.69, 9.17) is 17.3 Å². The zero-order valence-corrected chi connectivity index (χ0v) is 15.4. The Morgan fingerprint density at radius 1 is 1.44 bits per heavy atom. The fourth-order valence-corrected chi connectivity index (χ4v) is 3.72. The number of likely N-dealkylation sites (N-methyl/N-ethyl adjacent to an activating group) is 1. The van der Waals surface area contributed by atoms with Crippen LogP contribution in [0.3, 0.4) is 0 Å². The second-order valence-corrected chi connectivity index (χ2v) is 7.23. The lowest BCUT2D eigenvalue weighted by Gasteiger charge is -2.24. The number of carbonyl (C=O) groups is 1. The Balaban J connectivity index is 1.39. The van der Waals surface area contributed by atoms with Crippen LogP contribution in [-0.2, 0) is 11.2 Å². The molecular weight excluding hydrogens is 338 g/mol. The van der Waals surface area contributed by atoms with E-state index in [1.165, 1.54) is 0 Å². The van der Waals surface area contributed by atoms with Crippen LogP contribution in [-0.4, -0.2) is 53.0 Å². The summed E-state index contributed by atoms with van der Waals surface area (Å²) in [4.78, 5) is 22.2. The minimum absolute atomic E-state index is 0.117. The summed E-state index contributed by atoms with van der Waals surface area (Å²) in [5.74, 6) is 1.04. The number of hydrogen-bond donors (Lipinski definition) is 3. The largest absolute Gasteiger partial charge is 0.356 e. The molecule has 1 saturated heterocycles. The maximum Gasteiger partial charge on any atom is 0.221 e. The van der Waals surface area contributed by atoms with Crippen molar-refractivity contribution in [1.29, 1.82) is 0 Å². The van der Waals surface area contributed by atoms with Crippen molar-refractivity contribution < 1.29 is 4.79 Å². The molecule has 4 N–H and O–H groups in total. The van der Waals surface area contributed by atoms with E-state index in [9.17, 15) is 4.79 Å². The quantitative estimate of drug-likeness (QED) is 0.657. The van der Waals surface area contributed by atoms with E-state index in [1.54, 1.807) is 0 Å². The Hall–Kier alpha value is -1.63. The normalized spacial score (nSPS) is 21.1. The summed E-state index contributed by atoms with van der Waals surface area (Å²) in [6.07, 6.45) is 4.33. The number of likely N-dealkylation sites (tertiary alicyclic amines) is 1. The summed E-state index contributed by atoms with van der Waals surface area (Å²) in [5.41, 5.74) is 7.62. The summed E-state index contributed by atoms with van der Waals surface area (Å²) in [5, 5.41) is 3.71. The molecule has 25 heavy (non-hydrogen) atoms. The van der Waals surface area contributed by atoms with Crippen molar-refractivity contribution in [3.8, 4) is 0 Å². The van der Waals surface area contributed by atoms with E-state index in [1.807, 2.05) is 18.2 Å². The molecule has 0 spiro atoms. The summed E-state index contributed by atoms with van der Waals surface area (Å²) in [7, 11) is 2.07. The first-order valence-corrected chi connectivity index (χ1v) is 9.27. The first-order chi connectivity index (χ1) is 12.1. The molecule has 0 aliphatic carbocycles. The molecule has 0 bridgehead atoms. The lowest BCUT2D eigenvalue weighted by Crippen LogP contribution is -2.39. The van der Waals surface area contributed by atoms with Crippen molar-refractivity contribution in [2.24, 2.45) is 5.73 Å². The molecule has 1 aromatic carbocycles. The summed E-state index contributed by atoms with van der Waals surface area (Å²) < 4.78 is 0. The van der Waals surface area contributed by atoms with Crippen LogP contribution >= 0.6 is 11.6 Å². The van der Waals surface area contributed by atoms with Gasteiger partial charge >= 0.3 is 0 Å². The molecule has 6 nitrogen and oxygen atoms in total. The third-order valence-corrected chi connectivity index (χ3v) is 5.32. The van der Waals surface area contributed by atoms with Crippen molar-refractivity contribution in [1.82, 2.24) is 20.2 Å². The molecule has 1 amide bonds. The van der Waals surface area contributed by atoms with E-state index in [2.05, 4.69) is 27.2 Å². The SMILES string of the molecule is CN1[C@@H](CN)CC[C@H]1CC(=O)NCCCc1nc2ccc(Cl)cc2[nH]1. The lowest BCUT2D eigenvalue weighted by atomic mass is 10.1. The monoisotopic (exact) mass is 363 g/mol. The summed E-state index contributed by atoms with van der Waals surface area (Å²) >= 11 is 5.98. The van der Waals surface area contributed by atoms with Gasteiger partial charge in [-0.25, -0.2) is 4.98 Å². The average Bonchev–Trinajstić information content (AvgIpc) is 3.14. The second kappa shape index (κ2) is 8.17. The average molecular weight is 364 g/mol. The highest BCUT2D eigenvalue weighted by Crippen LogP contribution is 2.23. The molecule has 1 aliphatic rings. The topological polar surface area (TPSA) is 87.0 Å². The molecule has 2 aromatic rings. The van der Waals surface area contributed by atoms with Crippen LogP contribution in [0.2, 0.25) is 5.02 Å². The number of nitrogens with zero attached hydrogens (tertiary/aromatic N) is 2. The molecule has 1 aliphatic heterocycles. The number of nitrogens with one attached hydrogen (secondary N) is 2. The number of carbonyl (C=O) groups excluding carboxylic acids is 1. The van der Waals surface area contributed by atoms with Crippen LogP contribution in [0, 0.1) is 0 Å². The number of rotatable bonds is 7. The third-order valence-electron chi connectivity index (χ3n) is 5.08. The van der Waals surface area contributed by atoms with E-state index in [-0.39, 0.29) is 5.91 Å². The van der Waals surface area contributed by atoms with Crippen LogP contribution in [0.1, 0.15) is 31.5 Å². The van der Waals surface area contributed by atoms with Gasteiger partial charge in [0, 0.05) is 43.0 Å². The number of fused-ring (bicyclic) bond motifs is 1. The number of amides is 1. The van der Waals surface area contributed by atoms with Crippen LogP contribution in [0.5, 0.6) is 0 Å². The number of nitrogens with two attached hydrogens (primary N) is 1. The van der Waals surface area contributed by atoms with Gasteiger partial charge in [0.15, 0.2) is 0 Å². The Morgan fingerprint density at radius 3 is 3.00 bits per heavy atom. The minimum atomic E-state index is 0.117. The van der Waals surface area contributed by atoms with Gasteiger partial charge < -0.3 is 16.0 Å². The van der Waals surface area contributed by atoms with Gasteiger partial charge in [-0.1, -0.05) is 11.6 Å². The minimum Gasteiger partial charge on any atom is -0.356 e. The van der Waals surface area contributed by atoms with Crippen LogP contribution < -0.4 is 11.1 Å². The van der Waals surface area contributed by atoms with Crippen LogP contribution in [0.25, 0.3) is 11.0 Å². The molecule has 0 radical (unpaired) electrons. The zero-order chi connectivity index (χ0) is 17.8. The van der Waals surface area contributed by atoms with Crippen molar-refractivity contribution in [3.05, 3.63) is 29.0 Å². The van der Waals surface area contributed by atoms with Crippen LogP contribution in [0.4, 0.5) is 0 Å². The number of aryl methyl sites for hydroxylation is 1. The smallest absolute Gasteiger partial charge is 0.221 e. The molecule has 0 saturated carbocycles. The van der Waals surface area contributed by atoms with Gasteiger partial charge in [0.25, 0.3) is 0 Å². The molecule has 2 heterocycles. The molecule has 2 atom stereocenters. The third kappa shape index (κ3) is 4.51. The molecular formula is C18H26ClN5O. The molecule has 1 fully saturated rings. The lowest BCUT2D eigenvalue weighted by molar-refractivity contribution is -0.122. The number of aromatic nitrogens is 2. The van der Waals surface area contributed by atoms with Gasteiger partial charge in [0.05, 0.1) is 11.0 Å². The van der Waals surface area contributed by atoms with Crippen molar-refractivity contribution in [3.63, 3.8) is 0 Å². The predicted octanol–water partition coefficient (Wildman–Crippen LogP) is 2.08. The maximum absolute atomic E-state index is 12.1. The van der Waals surface area contributed by atoms with Crippen LogP contribution in [0.15, 0.2) is 18.2 Å². The van der Waals surface area contributed by atoms with Crippen molar-refractivity contribution in [2.75, 3.05) is 20.1 Å². The Bertz CT molecular complexity index is 731. The van der Waals surface area contributed by atoms with Gasteiger partial charge in [-0.05, 0) is 44.5 Å². The molecule has 136 valence electrons. The molecule has 0 unspecified atom stereocenters. The number of benzene rings is 1. The van der Waals surface area contributed by atoms with Crippen molar-refractivity contribution in [2.45, 2.75) is 44.2 Å². The number of aromatic amines is 1. The second-order valence-electron chi connectivity index (χ2n) is 6.79. The van der Waals surface area contributed by atoms with Crippen molar-refractivity contribution >= 4 is 28.5 Å². The van der Waals surface area contributed by atoms with Gasteiger partial charge in [0.2, 0.25) is 5.91 Å². The van der Waals surface area contributed by atoms with E-state index in [0.29, 0.717) is 36.6 Å². The van der Waals surface area contributed by atoms with E-state index >= 15 is 0 Å². The first kappa shape index (κ1) is 18.2. The van der Waals surface area contributed by atoms with E-state index in [0.717, 1.165) is 42.5 Å². The molecule has 3 rings (SSSR count). The molecule has 1 aromatic heterocycles. The van der Waals surface area contributed by atoms with Gasteiger partial charge in [-0.3, -0.25) is 9.69 Å². The number of imidazole rings is 1. The fourth-order valence-electron chi connectivity index (χ4n) is 3.54. The fraction of sp³-hybridized carbons (Fsp3) is 0.556. The number of halogens is 1. The van der Waals surface area contributed by atoms with Gasteiger partial charge in [-0.15, -0.1) is 0 Å². The van der Waals surface area contributed by atoms with Gasteiger partial charge in [0.1, 0.15) is 5.82 Å². The highest BCUT2D eigenvalue weighted by atomic mass is 35.5. The first-order valence-electron chi connectivity index (χ1n) is 8.89. The Kier molecular flexibility index (Phi) is 5.93. The van der Waals surface area contributed by atoms with E-state index < -0.39 is 0 Å². The number of hydrogen-bond acceptors (Lipinski definition) is 4. The highest BCUT2D eigenvalue weighted by molar-refractivity contribution is 6.31. The zero-order valence-electron chi connectivity index (χ0n) is 14.6. The predicted molar refractivity (Wildman–Crippen MR) is 101 cm³/mol. The maximum atomic E-state index is 12.1.